The molecule has 0 fully saturated rings. The molecule has 6 nitrogen and oxygen atoms in total. The number of unbranched alkanes of at least 4 members (excludes halogenated alkanes) is 1. The van der Waals surface area contributed by atoms with Crippen LogP contribution >= 0.6 is 0 Å². The van der Waals surface area contributed by atoms with Gasteiger partial charge >= 0.3 is 0 Å². The van der Waals surface area contributed by atoms with Crippen molar-refractivity contribution >= 4 is 17.7 Å². The molecule has 2 rings (SSSR count). The van der Waals surface area contributed by atoms with Crippen molar-refractivity contribution in [2.45, 2.75) is 19.8 Å². The molecule has 0 aliphatic heterocycles. The van der Waals surface area contributed by atoms with Gasteiger partial charge in [-0.3, -0.25) is 4.79 Å². The maximum atomic E-state index is 12.3. The van der Waals surface area contributed by atoms with Crippen LogP contribution in [0.2, 0.25) is 0 Å². The molecule has 0 aromatic heterocycles. The minimum Gasteiger partial charge on any atom is -0.506 e. The van der Waals surface area contributed by atoms with E-state index in [-0.39, 0.29) is 17.0 Å². The number of rotatable bonds is 8. The highest BCUT2D eigenvalue weighted by atomic mass is 16.5. The third-order valence-electron chi connectivity index (χ3n) is 3.77. The van der Waals surface area contributed by atoms with Gasteiger partial charge in [0.05, 0.1) is 19.4 Å². The number of carbonyl (C=O) groups excluding carboxylic acids is 1. The van der Waals surface area contributed by atoms with E-state index in [1.807, 2.05) is 6.07 Å². The summed E-state index contributed by atoms with van der Waals surface area (Å²) >= 11 is 0. The number of nitriles is 1. The number of aromatic hydroxyl groups is 1. The van der Waals surface area contributed by atoms with Gasteiger partial charge in [0.1, 0.15) is 17.4 Å². The average Bonchev–Trinajstić information content (AvgIpc) is 2.68. The van der Waals surface area contributed by atoms with E-state index in [0.717, 1.165) is 12.8 Å². The van der Waals surface area contributed by atoms with E-state index >= 15 is 0 Å². The highest BCUT2D eigenvalue weighted by Crippen LogP contribution is 2.29. The van der Waals surface area contributed by atoms with Crippen molar-refractivity contribution < 1.29 is 19.4 Å². The average molecular weight is 366 g/mol. The standard InChI is InChI=1S/C21H22N2O4/c1-3-4-11-27-19-10-9-15(13-20(19)26-2)12-16(14-22)21(25)23-17-7-5-6-8-18(17)24/h5-10,12-13,24H,3-4,11H2,1-2H3,(H,23,25)/b16-12-. The van der Waals surface area contributed by atoms with Crippen LogP contribution in [0.5, 0.6) is 17.2 Å². The second-order valence-corrected chi connectivity index (χ2v) is 5.75. The van der Waals surface area contributed by atoms with Gasteiger partial charge in [-0.25, -0.2) is 0 Å². The molecule has 0 aliphatic carbocycles. The van der Waals surface area contributed by atoms with Crippen LogP contribution in [0.3, 0.4) is 0 Å². The van der Waals surface area contributed by atoms with Gasteiger partial charge in [-0.05, 0) is 42.3 Å². The normalized spacial score (nSPS) is 10.8. The van der Waals surface area contributed by atoms with Gasteiger partial charge in [-0.1, -0.05) is 31.5 Å². The highest BCUT2D eigenvalue weighted by molar-refractivity contribution is 6.10. The molecule has 0 atom stereocenters. The Bertz CT molecular complexity index is 869. The number of nitrogens with zero attached hydrogens (tertiary/aromatic N) is 1. The molecule has 2 aromatic carbocycles. The Morgan fingerprint density at radius 3 is 2.70 bits per heavy atom. The molecule has 140 valence electrons. The van der Waals surface area contributed by atoms with Crippen molar-refractivity contribution in [1.29, 1.82) is 5.26 Å². The third kappa shape index (κ3) is 5.51. The first-order valence-electron chi connectivity index (χ1n) is 8.61. The van der Waals surface area contributed by atoms with E-state index < -0.39 is 5.91 Å². The van der Waals surface area contributed by atoms with Crippen LogP contribution in [0.1, 0.15) is 25.3 Å². The molecular formula is C21H22N2O4. The van der Waals surface area contributed by atoms with Crippen LogP contribution in [0, 0.1) is 11.3 Å². The van der Waals surface area contributed by atoms with E-state index in [2.05, 4.69) is 12.2 Å². The Labute approximate surface area is 158 Å². The van der Waals surface area contributed by atoms with Gasteiger partial charge in [0.25, 0.3) is 5.91 Å². The number of phenolic OH excluding ortho intramolecular Hbond substituents is 1. The van der Waals surface area contributed by atoms with Crippen LogP contribution in [-0.4, -0.2) is 24.7 Å². The zero-order chi connectivity index (χ0) is 19.6. The lowest BCUT2D eigenvalue weighted by molar-refractivity contribution is -0.112. The number of ether oxygens (including phenoxy) is 2. The molecule has 0 aliphatic rings. The molecule has 2 aromatic rings. The summed E-state index contributed by atoms with van der Waals surface area (Å²) in [6.07, 6.45) is 3.42. The van der Waals surface area contributed by atoms with Crippen molar-refractivity contribution in [3.8, 4) is 23.3 Å². The Kier molecular flexibility index (Phi) is 7.26. The number of para-hydroxylation sites is 2. The number of anilines is 1. The number of hydrogen-bond acceptors (Lipinski definition) is 5. The summed E-state index contributed by atoms with van der Waals surface area (Å²) in [6, 6.07) is 13.4. The first-order chi connectivity index (χ1) is 13.1. The number of benzene rings is 2. The summed E-state index contributed by atoms with van der Waals surface area (Å²) < 4.78 is 11.0. The van der Waals surface area contributed by atoms with Crippen LogP contribution in [0.15, 0.2) is 48.0 Å². The smallest absolute Gasteiger partial charge is 0.266 e. The molecule has 0 unspecified atom stereocenters. The predicted molar refractivity (Wildman–Crippen MR) is 104 cm³/mol. The summed E-state index contributed by atoms with van der Waals surface area (Å²) in [7, 11) is 1.53. The van der Waals surface area contributed by atoms with E-state index in [9.17, 15) is 15.2 Å². The van der Waals surface area contributed by atoms with Gasteiger partial charge in [0.2, 0.25) is 0 Å². The van der Waals surface area contributed by atoms with Crippen molar-refractivity contribution in [2.24, 2.45) is 0 Å². The molecule has 0 spiro atoms. The highest BCUT2D eigenvalue weighted by Gasteiger charge is 2.12. The number of phenols is 1. The first kappa shape index (κ1) is 19.9. The van der Waals surface area contributed by atoms with Crippen molar-refractivity contribution in [2.75, 3.05) is 19.0 Å². The number of hydrogen-bond donors (Lipinski definition) is 2. The minimum atomic E-state index is -0.610. The SMILES string of the molecule is CCCCOc1ccc(/C=C(/C#N)C(=O)Nc2ccccc2O)cc1OC. The van der Waals surface area contributed by atoms with E-state index in [0.29, 0.717) is 23.7 Å². The molecule has 0 radical (unpaired) electrons. The molecule has 1 amide bonds. The Balaban J connectivity index is 2.20. The molecule has 0 saturated carbocycles. The molecule has 0 saturated heterocycles. The van der Waals surface area contributed by atoms with E-state index in [4.69, 9.17) is 9.47 Å². The molecule has 0 heterocycles. The monoisotopic (exact) mass is 366 g/mol. The van der Waals surface area contributed by atoms with Crippen LogP contribution in [0.25, 0.3) is 6.08 Å². The van der Waals surface area contributed by atoms with Gasteiger partial charge in [0, 0.05) is 0 Å². The van der Waals surface area contributed by atoms with E-state index in [1.165, 1.54) is 19.3 Å². The van der Waals surface area contributed by atoms with Gasteiger partial charge < -0.3 is 19.9 Å². The number of carbonyl (C=O) groups is 1. The van der Waals surface area contributed by atoms with Crippen molar-refractivity contribution in [1.82, 2.24) is 0 Å². The second kappa shape index (κ2) is 9.88. The molecule has 27 heavy (non-hydrogen) atoms. The maximum absolute atomic E-state index is 12.3. The lowest BCUT2D eigenvalue weighted by atomic mass is 10.1. The van der Waals surface area contributed by atoms with Gasteiger partial charge in [-0.15, -0.1) is 0 Å². The summed E-state index contributed by atoms with van der Waals surface area (Å²) in [6.45, 7) is 2.67. The number of nitrogens with one attached hydrogen (secondary N) is 1. The largest absolute Gasteiger partial charge is 0.506 e. The van der Waals surface area contributed by atoms with Crippen LogP contribution in [0.4, 0.5) is 5.69 Å². The Morgan fingerprint density at radius 1 is 1.26 bits per heavy atom. The predicted octanol–water partition coefficient (Wildman–Crippen LogP) is 4.13. The number of methoxy groups -OCH3 is 1. The van der Waals surface area contributed by atoms with Gasteiger partial charge in [0.15, 0.2) is 11.5 Å². The molecule has 0 bridgehead atoms. The minimum absolute atomic E-state index is 0.0709. The maximum Gasteiger partial charge on any atom is 0.266 e. The fourth-order valence-electron chi connectivity index (χ4n) is 2.30. The van der Waals surface area contributed by atoms with Crippen molar-refractivity contribution in [3.63, 3.8) is 0 Å². The molecular weight excluding hydrogens is 344 g/mol. The third-order valence-corrected chi connectivity index (χ3v) is 3.77. The topological polar surface area (TPSA) is 91.6 Å². The first-order valence-corrected chi connectivity index (χ1v) is 8.61. The molecule has 6 heteroatoms. The summed E-state index contributed by atoms with van der Waals surface area (Å²) in [5.74, 6) is 0.457. The van der Waals surface area contributed by atoms with Crippen LogP contribution in [-0.2, 0) is 4.79 Å². The molecule has 2 N–H and O–H groups in total. The Hall–Kier alpha value is -3.46. The zero-order valence-electron chi connectivity index (χ0n) is 15.4. The fraction of sp³-hybridized carbons (Fsp3) is 0.238. The van der Waals surface area contributed by atoms with Crippen LogP contribution < -0.4 is 14.8 Å². The van der Waals surface area contributed by atoms with Gasteiger partial charge in [-0.2, -0.15) is 5.26 Å². The fourth-order valence-corrected chi connectivity index (χ4v) is 2.30. The summed E-state index contributed by atoms with van der Waals surface area (Å²) in [5, 5.41) is 21.6. The number of amides is 1. The Morgan fingerprint density at radius 2 is 2.04 bits per heavy atom. The van der Waals surface area contributed by atoms with E-state index in [1.54, 1.807) is 36.4 Å². The zero-order valence-corrected chi connectivity index (χ0v) is 15.4. The summed E-state index contributed by atoms with van der Waals surface area (Å²) in [5.41, 5.74) is 0.763. The summed E-state index contributed by atoms with van der Waals surface area (Å²) in [4.78, 5) is 12.3. The lowest BCUT2D eigenvalue weighted by Crippen LogP contribution is -2.13. The van der Waals surface area contributed by atoms with Crippen molar-refractivity contribution in [3.05, 3.63) is 53.6 Å². The lowest BCUT2D eigenvalue weighted by Gasteiger charge is -2.11. The quantitative estimate of drug-likeness (QED) is 0.317. The second-order valence-electron chi connectivity index (χ2n) is 5.75.